The van der Waals surface area contributed by atoms with Crippen LogP contribution < -0.4 is 10.6 Å². The van der Waals surface area contributed by atoms with Crippen molar-refractivity contribution in [3.63, 3.8) is 0 Å². The van der Waals surface area contributed by atoms with E-state index in [1.165, 1.54) is 44.1 Å². The fourth-order valence-corrected chi connectivity index (χ4v) is 6.76. The molecule has 0 saturated heterocycles. The second-order valence-electron chi connectivity index (χ2n) is 9.37. The second kappa shape index (κ2) is 6.63. The quantitative estimate of drug-likeness (QED) is 0.733. The van der Waals surface area contributed by atoms with E-state index >= 15 is 0 Å². The number of aryl methyl sites for hydroxylation is 3. The van der Waals surface area contributed by atoms with E-state index in [0.29, 0.717) is 11.5 Å². The Labute approximate surface area is 162 Å². The Morgan fingerprint density at radius 1 is 1.04 bits per heavy atom. The van der Waals surface area contributed by atoms with Crippen molar-refractivity contribution in [3.8, 4) is 0 Å². The highest BCUT2D eigenvalue weighted by molar-refractivity contribution is 7.80. The molecule has 0 radical (unpaired) electrons. The molecule has 26 heavy (non-hydrogen) atoms. The lowest BCUT2D eigenvalue weighted by Crippen LogP contribution is -2.48. The van der Waals surface area contributed by atoms with Crippen LogP contribution >= 0.6 is 12.2 Å². The van der Waals surface area contributed by atoms with Gasteiger partial charge in [-0.3, -0.25) is 4.79 Å². The maximum Gasteiger partial charge on any atom is 0.226 e. The SMILES string of the molecule is Cc1cc(C)c(NC(=S)NC(=O)CC23CC4CC(CC(C4)C2)C3)c(C)c1. The summed E-state index contributed by atoms with van der Waals surface area (Å²) >= 11 is 5.43. The van der Waals surface area contributed by atoms with Gasteiger partial charge in [-0.1, -0.05) is 17.7 Å². The van der Waals surface area contributed by atoms with E-state index in [-0.39, 0.29) is 11.3 Å². The van der Waals surface area contributed by atoms with E-state index in [2.05, 4.69) is 43.5 Å². The third kappa shape index (κ3) is 3.53. The van der Waals surface area contributed by atoms with Crippen LogP contribution in [0.4, 0.5) is 5.69 Å². The van der Waals surface area contributed by atoms with E-state index in [1.54, 1.807) is 0 Å². The molecule has 0 unspecified atom stereocenters. The molecule has 4 fully saturated rings. The minimum Gasteiger partial charge on any atom is -0.332 e. The lowest BCUT2D eigenvalue weighted by Gasteiger charge is -2.56. The molecular formula is C22H30N2OS. The van der Waals surface area contributed by atoms with Crippen LogP contribution in [0.2, 0.25) is 0 Å². The smallest absolute Gasteiger partial charge is 0.226 e. The van der Waals surface area contributed by atoms with Gasteiger partial charge in [0.15, 0.2) is 5.11 Å². The van der Waals surface area contributed by atoms with Crippen LogP contribution in [-0.2, 0) is 4.79 Å². The summed E-state index contributed by atoms with van der Waals surface area (Å²) in [5, 5.41) is 6.62. The third-order valence-corrected chi connectivity index (χ3v) is 7.07. The van der Waals surface area contributed by atoms with Crippen molar-refractivity contribution in [1.82, 2.24) is 5.32 Å². The van der Waals surface area contributed by atoms with E-state index in [9.17, 15) is 4.79 Å². The first-order valence-electron chi connectivity index (χ1n) is 10.0. The summed E-state index contributed by atoms with van der Waals surface area (Å²) < 4.78 is 0. The summed E-state index contributed by atoms with van der Waals surface area (Å²) in [5.41, 5.74) is 4.81. The largest absolute Gasteiger partial charge is 0.332 e. The Morgan fingerprint density at radius 3 is 2.04 bits per heavy atom. The first kappa shape index (κ1) is 18.0. The number of rotatable bonds is 3. The predicted molar refractivity (Wildman–Crippen MR) is 110 cm³/mol. The maximum atomic E-state index is 12.7. The molecule has 140 valence electrons. The average Bonchev–Trinajstić information content (AvgIpc) is 2.48. The standard InChI is InChI=1S/C22H30N2OS/c1-13-4-14(2)20(15(3)5-13)24-21(26)23-19(25)12-22-9-16-6-17(10-22)8-18(7-16)11-22/h4-5,16-18H,6-12H2,1-3H3,(H2,23,24,25,26). The normalized spacial score (nSPS) is 31.7. The van der Waals surface area contributed by atoms with Gasteiger partial charge in [0.1, 0.15) is 0 Å². The number of anilines is 1. The minimum atomic E-state index is 0.0897. The Hall–Kier alpha value is -1.42. The van der Waals surface area contributed by atoms with Crippen molar-refractivity contribution in [3.05, 3.63) is 28.8 Å². The highest BCUT2D eigenvalue weighted by atomic mass is 32.1. The number of carbonyl (C=O) groups excluding carboxylic acids is 1. The molecule has 2 N–H and O–H groups in total. The number of thiocarbonyl (C=S) groups is 1. The third-order valence-electron chi connectivity index (χ3n) is 6.87. The summed E-state index contributed by atoms with van der Waals surface area (Å²) in [6.07, 6.45) is 8.63. The summed E-state index contributed by atoms with van der Waals surface area (Å²) in [5.74, 6) is 2.71. The Bertz CT molecular complexity index is 696. The molecule has 4 heteroatoms. The van der Waals surface area contributed by atoms with Gasteiger partial charge in [-0.15, -0.1) is 0 Å². The number of benzene rings is 1. The number of hydrogen-bond donors (Lipinski definition) is 2. The molecule has 1 aromatic rings. The maximum absolute atomic E-state index is 12.7. The highest BCUT2D eigenvalue weighted by Crippen LogP contribution is 2.61. The Morgan fingerprint density at radius 2 is 1.54 bits per heavy atom. The van der Waals surface area contributed by atoms with Gasteiger partial charge >= 0.3 is 0 Å². The van der Waals surface area contributed by atoms with Crippen LogP contribution in [-0.4, -0.2) is 11.0 Å². The number of nitrogens with one attached hydrogen (secondary N) is 2. The second-order valence-corrected chi connectivity index (χ2v) is 9.78. The Kier molecular flexibility index (Phi) is 4.58. The molecular weight excluding hydrogens is 340 g/mol. The molecule has 1 aromatic carbocycles. The van der Waals surface area contributed by atoms with Crippen molar-refractivity contribution < 1.29 is 4.79 Å². The number of carbonyl (C=O) groups is 1. The monoisotopic (exact) mass is 370 g/mol. The van der Waals surface area contributed by atoms with Crippen molar-refractivity contribution >= 4 is 28.9 Å². The molecule has 0 aliphatic heterocycles. The van der Waals surface area contributed by atoms with Gasteiger partial charge in [0.2, 0.25) is 5.91 Å². The molecule has 4 saturated carbocycles. The van der Waals surface area contributed by atoms with Gasteiger partial charge in [0.25, 0.3) is 0 Å². The number of hydrogen-bond acceptors (Lipinski definition) is 2. The summed E-state index contributed by atoms with van der Waals surface area (Å²) in [7, 11) is 0. The summed E-state index contributed by atoms with van der Waals surface area (Å²) in [6, 6.07) is 4.27. The van der Waals surface area contributed by atoms with Gasteiger partial charge in [-0.05, 0) is 106 Å². The lowest BCUT2D eigenvalue weighted by atomic mass is 9.49. The van der Waals surface area contributed by atoms with Gasteiger partial charge in [-0.25, -0.2) is 0 Å². The minimum absolute atomic E-state index is 0.0897. The lowest BCUT2D eigenvalue weighted by molar-refractivity contribution is -0.127. The molecule has 0 aromatic heterocycles. The molecule has 0 heterocycles. The zero-order valence-corrected chi connectivity index (χ0v) is 17.0. The van der Waals surface area contributed by atoms with Gasteiger partial charge in [-0.2, -0.15) is 0 Å². The van der Waals surface area contributed by atoms with E-state index in [4.69, 9.17) is 12.2 Å². The van der Waals surface area contributed by atoms with Crippen molar-refractivity contribution in [2.24, 2.45) is 23.2 Å². The molecule has 4 aliphatic carbocycles. The molecule has 0 atom stereocenters. The van der Waals surface area contributed by atoms with Crippen LogP contribution in [0.5, 0.6) is 0 Å². The first-order chi connectivity index (χ1) is 12.3. The van der Waals surface area contributed by atoms with Crippen LogP contribution in [0.15, 0.2) is 12.1 Å². The zero-order chi connectivity index (χ0) is 18.5. The van der Waals surface area contributed by atoms with Gasteiger partial charge < -0.3 is 10.6 Å². The molecule has 3 nitrogen and oxygen atoms in total. The van der Waals surface area contributed by atoms with Gasteiger partial charge in [0, 0.05) is 12.1 Å². The highest BCUT2D eigenvalue weighted by Gasteiger charge is 2.51. The fraction of sp³-hybridized carbons (Fsp3) is 0.636. The van der Waals surface area contributed by atoms with Crippen molar-refractivity contribution in [2.75, 3.05) is 5.32 Å². The van der Waals surface area contributed by atoms with Crippen molar-refractivity contribution in [1.29, 1.82) is 0 Å². The zero-order valence-electron chi connectivity index (χ0n) is 16.2. The molecule has 5 rings (SSSR count). The Balaban J connectivity index is 1.37. The van der Waals surface area contributed by atoms with Crippen LogP contribution in [0, 0.1) is 43.9 Å². The van der Waals surface area contributed by atoms with Gasteiger partial charge in [0.05, 0.1) is 0 Å². The van der Waals surface area contributed by atoms with Crippen molar-refractivity contribution in [2.45, 2.75) is 65.7 Å². The summed E-state index contributed by atoms with van der Waals surface area (Å²) in [6.45, 7) is 6.24. The molecule has 4 bridgehead atoms. The summed E-state index contributed by atoms with van der Waals surface area (Å²) in [4.78, 5) is 12.7. The van der Waals surface area contributed by atoms with E-state index < -0.39 is 0 Å². The fourth-order valence-electron chi connectivity index (χ4n) is 6.54. The molecule has 1 amide bonds. The topological polar surface area (TPSA) is 41.1 Å². The average molecular weight is 371 g/mol. The van der Waals surface area contributed by atoms with E-state index in [1.807, 2.05) is 0 Å². The van der Waals surface area contributed by atoms with Crippen LogP contribution in [0.25, 0.3) is 0 Å². The first-order valence-corrected chi connectivity index (χ1v) is 10.4. The van der Waals surface area contributed by atoms with Crippen LogP contribution in [0.1, 0.15) is 61.6 Å². The van der Waals surface area contributed by atoms with Crippen LogP contribution in [0.3, 0.4) is 0 Å². The predicted octanol–water partition coefficient (Wildman–Crippen LogP) is 5.03. The van der Waals surface area contributed by atoms with E-state index in [0.717, 1.165) is 34.6 Å². The number of amides is 1. The molecule has 4 aliphatic rings. The molecule has 0 spiro atoms.